The largest absolute Gasteiger partial charge is 0.234 e. The van der Waals surface area contributed by atoms with Crippen LogP contribution in [0.2, 0.25) is 0 Å². The lowest BCUT2D eigenvalue weighted by molar-refractivity contribution is 0.827. The fourth-order valence-electron chi connectivity index (χ4n) is 1.32. The van der Waals surface area contributed by atoms with Gasteiger partial charge in [0, 0.05) is 11.9 Å². The Hall–Kier alpha value is -1.64. The van der Waals surface area contributed by atoms with Crippen molar-refractivity contribution in [3.8, 4) is 5.82 Å². The van der Waals surface area contributed by atoms with Gasteiger partial charge in [-0.3, -0.25) is 0 Å². The Morgan fingerprint density at radius 2 is 1.93 bits per heavy atom. The van der Waals surface area contributed by atoms with Crippen LogP contribution < -0.4 is 0 Å². The third-order valence-electron chi connectivity index (χ3n) is 2.25. The number of pyridine rings is 1. The van der Waals surface area contributed by atoms with Gasteiger partial charge in [-0.15, -0.1) is 0 Å². The number of aryl methyl sites for hydroxylation is 3. The van der Waals surface area contributed by atoms with Gasteiger partial charge in [-0.05, 0) is 38.5 Å². The monoisotopic (exact) mass is 187 g/mol. The predicted molar refractivity (Wildman–Crippen MR) is 55.6 cm³/mol. The van der Waals surface area contributed by atoms with Crippen LogP contribution in [0.25, 0.3) is 5.82 Å². The molecule has 0 N–H and O–H groups in total. The Morgan fingerprint density at radius 1 is 1.14 bits per heavy atom. The van der Waals surface area contributed by atoms with Crippen LogP contribution in [0.1, 0.15) is 17.0 Å². The molecule has 0 amide bonds. The summed E-state index contributed by atoms with van der Waals surface area (Å²) in [5, 5.41) is 4.38. The van der Waals surface area contributed by atoms with Crippen molar-refractivity contribution in [1.82, 2.24) is 14.8 Å². The summed E-state index contributed by atoms with van der Waals surface area (Å²) in [6, 6.07) is 5.93. The fourth-order valence-corrected chi connectivity index (χ4v) is 1.32. The molecule has 0 saturated carbocycles. The standard InChI is InChI=1S/C11H13N3/c1-8-7-14(13-10(8)3)11-6-4-5-9(2)12-11/h4-7H,1-3H3. The molecule has 0 bridgehead atoms. The van der Waals surface area contributed by atoms with E-state index >= 15 is 0 Å². The first-order chi connectivity index (χ1) is 6.66. The summed E-state index contributed by atoms with van der Waals surface area (Å²) in [4.78, 5) is 4.40. The highest BCUT2D eigenvalue weighted by atomic mass is 15.3. The second-order valence-corrected chi connectivity index (χ2v) is 3.48. The van der Waals surface area contributed by atoms with E-state index in [1.807, 2.05) is 42.9 Å². The van der Waals surface area contributed by atoms with Crippen LogP contribution in [-0.4, -0.2) is 14.8 Å². The van der Waals surface area contributed by atoms with Gasteiger partial charge in [0.25, 0.3) is 0 Å². The predicted octanol–water partition coefficient (Wildman–Crippen LogP) is 2.19. The van der Waals surface area contributed by atoms with E-state index < -0.39 is 0 Å². The average Bonchev–Trinajstić information content (AvgIpc) is 2.47. The van der Waals surface area contributed by atoms with Crippen molar-refractivity contribution < 1.29 is 0 Å². The van der Waals surface area contributed by atoms with Crippen LogP contribution in [-0.2, 0) is 0 Å². The molecular weight excluding hydrogens is 174 g/mol. The molecule has 0 aliphatic heterocycles. The molecule has 2 aromatic rings. The van der Waals surface area contributed by atoms with E-state index in [2.05, 4.69) is 17.0 Å². The van der Waals surface area contributed by atoms with E-state index in [1.54, 1.807) is 0 Å². The zero-order valence-corrected chi connectivity index (χ0v) is 8.65. The molecule has 0 radical (unpaired) electrons. The highest BCUT2D eigenvalue weighted by molar-refractivity contribution is 5.26. The third kappa shape index (κ3) is 1.53. The molecule has 2 rings (SSSR count). The van der Waals surface area contributed by atoms with Gasteiger partial charge in [0.15, 0.2) is 5.82 Å². The minimum absolute atomic E-state index is 0.876. The van der Waals surface area contributed by atoms with Crippen molar-refractivity contribution in [2.45, 2.75) is 20.8 Å². The van der Waals surface area contributed by atoms with E-state index in [9.17, 15) is 0 Å². The van der Waals surface area contributed by atoms with Crippen molar-refractivity contribution in [2.24, 2.45) is 0 Å². The molecular formula is C11H13N3. The van der Waals surface area contributed by atoms with E-state index in [0.717, 1.165) is 17.2 Å². The maximum Gasteiger partial charge on any atom is 0.153 e. The molecule has 0 aromatic carbocycles. The Labute approximate surface area is 83.4 Å². The normalized spacial score (nSPS) is 10.5. The topological polar surface area (TPSA) is 30.7 Å². The van der Waals surface area contributed by atoms with Crippen LogP contribution >= 0.6 is 0 Å². The van der Waals surface area contributed by atoms with Gasteiger partial charge in [0.1, 0.15) is 0 Å². The Morgan fingerprint density at radius 3 is 2.50 bits per heavy atom. The number of hydrogen-bond acceptors (Lipinski definition) is 2. The zero-order chi connectivity index (χ0) is 10.1. The summed E-state index contributed by atoms with van der Waals surface area (Å²) in [5.41, 5.74) is 3.25. The average molecular weight is 187 g/mol. The highest BCUT2D eigenvalue weighted by Gasteiger charge is 2.02. The van der Waals surface area contributed by atoms with Crippen molar-refractivity contribution in [3.63, 3.8) is 0 Å². The summed E-state index contributed by atoms with van der Waals surface area (Å²) < 4.78 is 1.82. The Bertz CT molecular complexity index is 438. The first kappa shape index (κ1) is 8.94. The van der Waals surface area contributed by atoms with Gasteiger partial charge in [-0.2, -0.15) is 5.10 Å². The first-order valence-corrected chi connectivity index (χ1v) is 4.64. The summed E-state index contributed by atoms with van der Waals surface area (Å²) in [7, 11) is 0. The fraction of sp³-hybridized carbons (Fsp3) is 0.273. The molecule has 14 heavy (non-hydrogen) atoms. The van der Waals surface area contributed by atoms with Gasteiger partial charge in [0.2, 0.25) is 0 Å². The molecule has 3 nitrogen and oxygen atoms in total. The molecule has 0 atom stereocenters. The molecule has 72 valence electrons. The minimum Gasteiger partial charge on any atom is -0.234 e. The number of rotatable bonds is 1. The number of nitrogens with zero attached hydrogens (tertiary/aromatic N) is 3. The Kier molecular flexibility index (Phi) is 2.08. The van der Waals surface area contributed by atoms with E-state index in [1.165, 1.54) is 5.56 Å². The van der Waals surface area contributed by atoms with Crippen LogP contribution in [0.5, 0.6) is 0 Å². The minimum atomic E-state index is 0.876. The zero-order valence-electron chi connectivity index (χ0n) is 8.65. The van der Waals surface area contributed by atoms with Crippen molar-refractivity contribution in [2.75, 3.05) is 0 Å². The molecule has 2 heterocycles. The van der Waals surface area contributed by atoms with Gasteiger partial charge in [-0.25, -0.2) is 9.67 Å². The van der Waals surface area contributed by atoms with Crippen LogP contribution in [0.4, 0.5) is 0 Å². The molecule has 0 aliphatic rings. The van der Waals surface area contributed by atoms with Crippen molar-refractivity contribution in [1.29, 1.82) is 0 Å². The van der Waals surface area contributed by atoms with Gasteiger partial charge >= 0.3 is 0 Å². The van der Waals surface area contributed by atoms with Crippen molar-refractivity contribution in [3.05, 3.63) is 41.3 Å². The smallest absolute Gasteiger partial charge is 0.153 e. The summed E-state index contributed by atoms with van der Waals surface area (Å²) in [6.45, 7) is 6.03. The lowest BCUT2D eigenvalue weighted by atomic mass is 10.3. The van der Waals surface area contributed by atoms with Crippen LogP contribution in [0.3, 0.4) is 0 Å². The molecule has 0 aliphatic carbocycles. The highest BCUT2D eigenvalue weighted by Crippen LogP contribution is 2.08. The molecule has 0 unspecified atom stereocenters. The van der Waals surface area contributed by atoms with E-state index in [4.69, 9.17) is 0 Å². The lowest BCUT2D eigenvalue weighted by Gasteiger charge is -2.00. The van der Waals surface area contributed by atoms with E-state index in [-0.39, 0.29) is 0 Å². The first-order valence-electron chi connectivity index (χ1n) is 4.64. The van der Waals surface area contributed by atoms with Gasteiger partial charge in [-0.1, -0.05) is 6.07 Å². The molecule has 0 saturated heterocycles. The quantitative estimate of drug-likeness (QED) is 0.685. The van der Waals surface area contributed by atoms with Gasteiger partial charge < -0.3 is 0 Å². The summed E-state index contributed by atoms with van der Waals surface area (Å²) >= 11 is 0. The van der Waals surface area contributed by atoms with E-state index in [0.29, 0.717) is 0 Å². The number of hydrogen-bond donors (Lipinski definition) is 0. The molecule has 3 heteroatoms. The molecule has 0 fully saturated rings. The molecule has 2 aromatic heterocycles. The second-order valence-electron chi connectivity index (χ2n) is 3.48. The summed E-state index contributed by atoms with van der Waals surface area (Å²) in [6.07, 6.45) is 2.00. The third-order valence-corrected chi connectivity index (χ3v) is 2.25. The Balaban J connectivity index is 2.49. The number of aromatic nitrogens is 3. The lowest BCUT2D eigenvalue weighted by Crippen LogP contribution is -1.98. The molecule has 0 spiro atoms. The maximum atomic E-state index is 4.40. The van der Waals surface area contributed by atoms with Gasteiger partial charge in [0.05, 0.1) is 5.69 Å². The summed E-state index contributed by atoms with van der Waals surface area (Å²) in [5.74, 6) is 0.876. The SMILES string of the molecule is Cc1cccc(-n2cc(C)c(C)n2)n1. The second kappa shape index (κ2) is 3.25. The maximum absolute atomic E-state index is 4.40. The van der Waals surface area contributed by atoms with Crippen LogP contribution in [0, 0.1) is 20.8 Å². The van der Waals surface area contributed by atoms with Crippen molar-refractivity contribution >= 4 is 0 Å². The van der Waals surface area contributed by atoms with Crippen LogP contribution in [0.15, 0.2) is 24.4 Å².